The van der Waals surface area contributed by atoms with Gasteiger partial charge in [0.05, 0.1) is 13.7 Å². The number of carbonyl (C=O) groups is 4. The van der Waals surface area contributed by atoms with Crippen LogP contribution in [0, 0.1) is 5.92 Å². The summed E-state index contributed by atoms with van der Waals surface area (Å²) in [5.74, 6) is -1.20. The van der Waals surface area contributed by atoms with E-state index in [0.717, 1.165) is 45.2 Å². The van der Waals surface area contributed by atoms with Crippen molar-refractivity contribution in [2.24, 2.45) is 5.92 Å². The molecule has 1 aliphatic carbocycles. The first-order valence-electron chi connectivity index (χ1n) is 14.6. The SMILES string of the molecule is COC(=O)/C=C/CNC(=O)C(C)NC(=O)CN(C(=O)C1CCC1)C1CCN(C(C)c2cccc3ccccc23)CC1. The van der Waals surface area contributed by atoms with Gasteiger partial charge in [-0.15, -0.1) is 0 Å². The van der Waals surface area contributed by atoms with Crippen LogP contribution < -0.4 is 10.6 Å². The maximum atomic E-state index is 13.4. The summed E-state index contributed by atoms with van der Waals surface area (Å²) in [6, 6.07) is 14.3. The number of fused-ring (bicyclic) bond motifs is 1. The van der Waals surface area contributed by atoms with E-state index in [1.165, 1.54) is 35.6 Å². The molecule has 1 heterocycles. The summed E-state index contributed by atoms with van der Waals surface area (Å²) in [4.78, 5) is 54.2. The summed E-state index contributed by atoms with van der Waals surface area (Å²) in [6.45, 7) is 5.59. The molecule has 0 spiro atoms. The Bertz CT molecular complexity index is 1260. The number of likely N-dealkylation sites (tertiary alicyclic amines) is 1. The quantitative estimate of drug-likeness (QED) is 0.321. The molecule has 0 bridgehead atoms. The molecule has 41 heavy (non-hydrogen) atoms. The van der Waals surface area contributed by atoms with Gasteiger partial charge in [-0.2, -0.15) is 0 Å². The molecule has 9 heteroatoms. The number of benzene rings is 2. The highest BCUT2D eigenvalue weighted by Crippen LogP contribution is 2.33. The van der Waals surface area contributed by atoms with Crippen LogP contribution in [-0.4, -0.2) is 78.9 Å². The van der Waals surface area contributed by atoms with E-state index in [0.29, 0.717) is 0 Å². The highest BCUT2D eigenvalue weighted by molar-refractivity contribution is 5.91. The number of amides is 3. The van der Waals surface area contributed by atoms with Crippen LogP contribution in [0.4, 0.5) is 0 Å². The van der Waals surface area contributed by atoms with Crippen LogP contribution >= 0.6 is 0 Å². The summed E-state index contributed by atoms with van der Waals surface area (Å²) in [5, 5.41) is 7.88. The molecule has 2 atom stereocenters. The number of carbonyl (C=O) groups excluding carboxylic acids is 4. The van der Waals surface area contributed by atoms with Gasteiger partial charge < -0.3 is 20.3 Å². The molecule has 1 aliphatic heterocycles. The Kier molecular flexibility index (Phi) is 10.5. The second-order valence-electron chi connectivity index (χ2n) is 11.1. The molecule has 220 valence electrons. The molecule has 9 nitrogen and oxygen atoms in total. The fourth-order valence-electron chi connectivity index (χ4n) is 5.72. The van der Waals surface area contributed by atoms with Gasteiger partial charge in [-0.05, 0) is 55.9 Å². The third-order valence-electron chi connectivity index (χ3n) is 8.43. The molecule has 0 aromatic heterocycles. The van der Waals surface area contributed by atoms with Crippen molar-refractivity contribution >= 4 is 34.5 Å². The fourth-order valence-corrected chi connectivity index (χ4v) is 5.72. The molecule has 2 aromatic carbocycles. The summed E-state index contributed by atoms with van der Waals surface area (Å²) in [5.41, 5.74) is 1.30. The van der Waals surface area contributed by atoms with Gasteiger partial charge in [0.2, 0.25) is 17.7 Å². The van der Waals surface area contributed by atoms with Crippen LogP contribution in [0.2, 0.25) is 0 Å². The van der Waals surface area contributed by atoms with Gasteiger partial charge in [0.15, 0.2) is 0 Å². The summed E-state index contributed by atoms with van der Waals surface area (Å²) >= 11 is 0. The molecule has 1 saturated carbocycles. The van der Waals surface area contributed by atoms with E-state index in [1.807, 2.05) is 0 Å². The number of methoxy groups -OCH3 is 1. The van der Waals surface area contributed by atoms with Crippen molar-refractivity contribution in [3.05, 3.63) is 60.2 Å². The third kappa shape index (κ3) is 7.73. The molecule has 0 radical (unpaired) electrons. The molecule has 2 aliphatic rings. The zero-order valence-corrected chi connectivity index (χ0v) is 24.3. The van der Waals surface area contributed by atoms with Crippen molar-refractivity contribution < 1.29 is 23.9 Å². The average Bonchev–Trinajstić information content (AvgIpc) is 2.96. The molecule has 2 fully saturated rings. The number of nitrogens with zero attached hydrogens (tertiary/aromatic N) is 2. The Morgan fingerprint density at radius 2 is 1.73 bits per heavy atom. The molecule has 1 saturated heterocycles. The molecule has 2 aromatic rings. The van der Waals surface area contributed by atoms with E-state index in [-0.39, 0.29) is 48.8 Å². The molecule has 3 amide bonds. The van der Waals surface area contributed by atoms with Crippen LogP contribution in [0.25, 0.3) is 10.8 Å². The highest BCUT2D eigenvalue weighted by atomic mass is 16.5. The standard InChI is InChI=1S/C32H42N4O5/c1-22(31(39)33-18-8-15-30(38)41-3)34-29(37)21-36(32(40)25-11-6-12-25)26-16-19-35(20-17-26)23(2)27-14-7-10-24-9-4-5-13-28(24)27/h4-5,7-10,13-15,22-23,25-26H,6,11-12,16-21H2,1-3H3,(H,33,39)(H,34,37)/b15-8+. The van der Waals surface area contributed by atoms with Gasteiger partial charge in [-0.3, -0.25) is 19.3 Å². The second kappa shape index (κ2) is 14.3. The number of rotatable bonds is 11. The zero-order valence-electron chi connectivity index (χ0n) is 24.3. The lowest BCUT2D eigenvalue weighted by molar-refractivity contribution is -0.145. The minimum atomic E-state index is -0.780. The van der Waals surface area contributed by atoms with Gasteiger partial charge in [-0.25, -0.2) is 4.79 Å². The topological polar surface area (TPSA) is 108 Å². The average molecular weight is 563 g/mol. The van der Waals surface area contributed by atoms with E-state index in [1.54, 1.807) is 11.8 Å². The Balaban J connectivity index is 1.34. The first kappa shape index (κ1) is 30.2. The summed E-state index contributed by atoms with van der Waals surface area (Å²) < 4.78 is 4.52. The van der Waals surface area contributed by atoms with Crippen LogP contribution in [0.15, 0.2) is 54.6 Å². The van der Waals surface area contributed by atoms with Crippen LogP contribution in [-0.2, 0) is 23.9 Å². The smallest absolute Gasteiger partial charge is 0.330 e. The number of hydrogen-bond donors (Lipinski definition) is 2. The van der Waals surface area contributed by atoms with Gasteiger partial charge in [0, 0.05) is 43.7 Å². The van der Waals surface area contributed by atoms with E-state index in [2.05, 4.69) is 69.7 Å². The van der Waals surface area contributed by atoms with Crippen LogP contribution in [0.1, 0.15) is 57.6 Å². The third-order valence-corrected chi connectivity index (χ3v) is 8.43. The number of ether oxygens (including phenoxy) is 1. The fraction of sp³-hybridized carbons (Fsp3) is 0.500. The number of nitrogens with one attached hydrogen (secondary N) is 2. The van der Waals surface area contributed by atoms with Crippen molar-refractivity contribution in [1.29, 1.82) is 0 Å². The second-order valence-corrected chi connectivity index (χ2v) is 11.1. The maximum absolute atomic E-state index is 13.4. The van der Waals surface area contributed by atoms with Crippen molar-refractivity contribution in [3.8, 4) is 0 Å². The lowest BCUT2D eigenvalue weighted by atomic mass is 9.83. The van der Waals surface area contributed by atoms with Crippen molar-refractivity contribution in [2.75, 3.05) is 33.3 Å². The predicted octanol–water partition coefficient (Wildman–Crippen LogP) is 3.34. The van der Waals surface area contributed by atoms with Gasteiger partial charge in [0.25, 0.3) is 0 Å². The lowest BCUT2D eigenvalue weighted by Gasteiger charge is -2.42. The number of esters is 1. The van der Waals surface area contributed by atoms with E-state index < -0.39 is 12.0 Å². The van der Waals surface area contributed by atoms with Gasteiger partial charge in [0.1, 0.15) is 6.04 Å². The molecule has 4 rings (SSSR count). The van der Waals surface area contributed by atoms with E-state index >= 15 is 0 Å². The zero-order chi connectivity index (χ0) is 29.4. The Hall–Kier alpha value is -3.72. The van der Waals surface area contributed by atoms with Crippen molar-refractivity contribution in [2.45, 2.75) is 64.1 Å². The Morgan fingerprint density at radius 1 is 1.02 bits per heavy atom. The number of hydrogen-bond acceptors (Lipinski definition) is 6. The summed E-state index contributed by atoms with van der Waals surface area (Å²) in [6.07, 6.45) is 7.07. The molecular weight excluding hydrogens is 520 g/mol. The van der Waals surface area contributed by atoms with E-state index in [9.17, 15) is 19.2 Å². The largest absolute Gasteiger partial charge is 0.466 e. The van der Waals surface area contributed by atoms with Crippen molar-refractivity contribution in [1.82, 2.24) is 20.4 Å². The van der Waals surface area contributed by atoms with Gasteiger partial charge in [-0.1, -0.05) is 55.0 Å². The van der Waals surface area contributed by atoms with E-state index in [4.69, 9.17) is 0 Å². The molecular formula is C32H42N4O5. The number of piperidine rings is 1. The minimum absolute atomic E-state index is 0.0160. The summed E-state index contributed by atoms with van der Waals surface area (Å²) in [7, 11) is 1.28. The highest BCUT2D eigenvalue weighted by Gasteiger charge is 2.36. The van der Waals surface area contributed by atoms with Gasteiger partial charge >= 0.3 is 5.97 Å². The predicted molar refractivity (Wildman–Crippen MR) is 158 cm³/mol. The van der Waals surface area contributed by atoms with Crippen molar-refractivity contribution in [3.63, 3.8) is 0 Å². The molecule has 2 N–H and O–H groups in total. The minimum Gasteiger partial charge on any atom is -0.466 e. The maximum Gasteiger partial charge on any atom is 0.330 e. The Labute approximate surface area is 242 Å². The normalized spacial score (nSPS) is 17.9. The van der Waals surface area contributed by atoms with Crippen LogP contribution in [0.3, 0.4) is 0 Å². The first-order chi connectivity index (χ1) is 19.8. The first-order valence-corrected chi connectivity index (χ1v) is 14.6. The lowest BCUT2D eigenvalue weighted by Crippen LogP contribution is -2.55. The monoisotopic (exact) mass is 562 g/mol. The van der Waals surface area contributed by atoms with Crippen LogP contribution in [0.5, 0.6) is 0 Å². The Morgan fingerprint density at radius 3 is 2.41 bits per heavy atom. The molecule has 2 unspecified atom stereocenters.